The highest BCUT2D eigenvalue weighted by Crippen LogP contribution is 2.32. The topological polar surface area (TPSA) is 24.9 Å². The molecule has 1 aromatic carbocycles. The monoisotopic (exact) mass is 302 g/mol. The van der Waals surface area contributed by atoms with E-state index in [1.54, 1.807) is 11.3 Å². The molecule has 2 atom stereocenters. The van der Waals surface area contributed by atoms with Gasteiger partial charge in [-0.25, -0.2) is 4.98 Å². The van der Waals surface area contributed by atoms with Crippen LogP contribution < -0.4 is 5.32 Å². The Bertz CT molecular complexity index is 554. The minimum Gasteiger partial charge on any atom is -0.311 e. The van der Waals surface area contributed by atoms with Crippen LogP contribution in [-0.2, 0) is 5.41 Å². The maximum atomic E-state index is 4.86. The third kappa shape index (κ3) is 4.14. The Balaban J connectivity index is 2.11. The van der Waals surface area contributed by atoms with Gasteiger partial charge in [-0.05, 0) is 24.9 Å². The van der Waals surface area contributed by atoms with Crippen molar-refractivity contribution in [3.63, 3.8) is 0 Å². The molecule has 0 radical (unpaired) electrons. The molecule has 0 aliphatic carbocycles. The average molecular weight is 302 g/mol. The fourth-order valence-electron chi connectivity index (χ4n) is 2.41. The van der Waals surface area contributed by atoms with Gasteiger partial charge in [0.25, 0.3) is 0 Å². The first-order chi connectivity index (χ1) is 9.91. The zero-order chi connectivity index (χ0) is 15.5. The van der Waals surface area contributed by atoms with Gasteiger partial charge in [-0.15, -0.1) is 11.3 Å². The van der Waals surface area contributed by atoms with Crippen LogP contribution in [0.4, 0.5) is 0 Å². The molecule has 2 unspecified atom stereocenters. The lowest BCUT2D eigenvalue weighted by Gasteiger charge is -2.20. The number of nitrogens with zero attached hydrogens (tertiary/aromatic N) is 1. The van der Waals surface area contributed by atoms with Crippen molar-refractivity contribution in [2.75, 3.05) is 7.05 Å². The number of rotatable bonds is 5. The lowest BCUT2D eigenvalue weighted by molar-refractivity contribution is 0.493. The lowest BCUT2D eigenvalue weighted by atomic mass is 9.93. The molecule has 0 spiro atoms. The van der Waals surface area contributed by atoms with Crippen molar-refractivity contribution in [2.45, 2.75) is 51.5 Å². The van der Waals surface area contributed by atoms with Gasteiger partial charge >= 0.3 is 0 Å². The highest BCUT2D eigenvalue weighted by Gasteiger charge is 2.22. The normalized spacial score (nSPS) is 14.9. The molecular weight excluding hydrogens is 276 g/mol. The van der Waals surface area contributed by atoms with Crippen LogP contribution in [0.15, 0.2) is 35.7 Å². The molecule has 2 nitrogen and oxygen atoms in total. The predicted octanol–water partition coefficient (Wildman–Crippen LogP) is 4.89. The molecule has 0 saturated carbocycles. The van der Waals surface area contributed by atoms with Crippen LogP contribution in [0.5, 0.6) is 0 Å². The molecular formula is C18H26N2S. The molecule has 2 rings (SSSR count). The van der Waals surface area contributed by atoms with Crippen molar-refractivity contribution >= 4 is 11.3 Å². The van der Waals surface area contributed by atoms with Crippen LogP contribution in [0.25, 0.3) is 0 Å². The third-order valence-electron chi connectivity index (χ3n) is 3.89. The van der Waals surface area contributed by atoms with E-state index in [0.717, 1.165) is 6.42 Å². The van der Waals surface area contributed by atoms with Crippen molar-refractivity contribution in [1.82, 2.24) is 10.3 Å². The van der Waals surface area contributed by atoms with Crippen LogP contribution in [-0.4, -0.2) is 12.0 Å². The van der Waals surface area contributed by atoms with Gasteiger partial charge < -0.3 is 5.32 Å². The summed E-state index contributed by atoms with van der Waals surface area (Å²) < 4.78 is 0. The summed E-state index contributed by atoms with van der Waals surface area (Å²) in [5.74, 6) is 0.519. The number of hydrogen-bond acceptors (Lipinski definition) is 3. The maximum Gasteiger partial charge on any atom is 0.110 e. The zero-order valence-corrected chi connectivity index (χ0v) is 14.5. The molecule has 0 aliphatic rings. The van der Waals surface area contributed by atoms with Gasteiger partial charge in [0.15, 0.2) is 0 Å². The Morgan fingerprint density at radius 3 is 2.38 bits per heavy atom. The number of thiazole rings is 1. The molecule has 0 saturated heterocycles. The second-order valence-corrected chi connectivity index (χ2v) is 7.60. The van der Waals surface area contributed by atoms with Crippen LogP contribution >= 0.6 is 11.3 Å². The van der Waals surface area contributed by atoms with Crippen molar-refractivity contribution in [3.8, 4) is 0 Å². The standard InChI is InChI=1S/C18H26N2S/c1-13(14-9-7-6-8-10-14)11-15(19-5)17-20-16(12-21-17)18(2,3)4/h6-10,12-13,15,19H,11H2,1-5H3. The molecule has 2 aromatic rings. The largest absolute Gasteiger partial charge is 0.311 e. The maximum absolute atomic E-state index is 4.86. The summed E-state index contributed by atoms with van der Waals surface area (Å²) in [6, 6.07) is 11.0. The van der Waals surface area contributed by atoms with E-state index in [0.29, 0.717) is 12.0 Å². The fourth-order valence-corrected chi connectivity index (χ4v) is 3.57. The molecule has 0 bridgehead atoms. The quantitative estimate of drug-likeness (QED) is 0.850. The molecule has 0 fully saturated rings. The molecule has 1 heterocycles. The van der Waals surface area contributed by atoms with Crippen LogP contribution in [0.2, 0.25) is 0 Å². The molecule has 114 valence electrons. The van der Waals surface area contributed by atoms with Gasteiger partial charge in [-0.2, -0.15) is 0 Å². The summed E-state index contributed by atoms with van der Waals surface area (Å²) in [4.78, 5) is 4.86. The molecule has 21 heavy (non-hydrogen) atoms. The number of nitrogens with one attached hydrogen (secondary N) is 1. The van der Waals surface area contributed by atoms with Crippen LogP contribution in [0, 0.1) is 0 Å². The molecule has 0 aliphatic heterocycles. The second-order valence-electron chi connectivity index (χ2n) is 6.71. The van der Waals surface area contributed by atoms with Gasteiger partial charge in [0.2, 0.25) is 0 Å². The van der Waals surface area contributed by atoms with Crippen molar-refractivity contribution < 1.29 is 0 Å². The fraction of sp³-hybridized carbons (Fsp3) is 0.500. The zero-order valence-electron chi connectivity index (χ0n) is 13.7. The first-order valence-electron chi connectivity index (χ1n) is 7.60. The van der Waals surface area contributed by atoms with Crippen LogP contribution in [0.3, 0.4) is 0 Å². The van der Waals surface area contributed by atoms with Crippen molar-refractivity contribution in [1.29, 1.82) is 0 Å². The van der Waals surface area contributed by atoms with Gasteiger partial charge in [0.05, 0.1) is 11.7 Å². The Morgan fingerprint density at radius 1 is 1.19 bits per heavy atom. The minimum absolute atomic E-state index is 0.123. The Kier molecular flexibility index (Phi) is 5.17. The van der Waals surface area contributed by atoms with Gasteiger partial charge in [0.1, 0.15) is 5.01 Å². The summed E-state index contributed by atoms with van der Waals surface area (Å²) in [7, 11) is 2.03. The third-order valence-corrected chi connectivity index (χ3v) is 4.85. The summed E-state index contributed by atoms with van der Waals surface area (Å²) >= 11 is 1.77. The van der Waals surface area contributed by atoms with E-state index < -0.39 is 0 Å². The Labute approximate surface area is 132 Å². The number of hydrogen-bond donors (Lipinski definition) is 1. The Morgan fingerprint density at radius 2 is 1.86 bits per heavy atom. The average Bonchev–Trinajstić information content (AvgIpc) is 2.95. The summed E-state index contributed by atoms with van der Waals surface area (Å²) in [5, 5.41) is 6.83. The summed E-state index contributed by atoms with van der Waals surface area (Å²) in [5.41, 5.74) is 2.71. The molecule has 3 heteroatoms. The first kappa shape index (κ1) is 16.2. The first-order valence-corrected chi connectivity index (χ1v) is 8.48. The molecule has 1 N–H and O–H groups in total. The Hall–Kier alpha value is -1.19. The molecule has 0 amide bonds. The van der Waals surface area contributed by atoms with Crippen LogP contribution in [0.1, 0.15) is 62.3 Å². The lowest BCUT2D eigenvalue weighted by Crippen LogP contribution is -2.19. The van der Waals surface area contributed by atoms with E-state index in [-0.39, 0.29) is 5.41 Å². The van der Waals surface area contributed by atoms with Gasteiger partial charge in [0, 0.05) is 10.8 Å². The highest BCUT2D eigenvalue weighted by atomic mass is 32.1. The smallest absolute Gasteiger partial charge is 0.110 e. The van der Waals surface area contributed by atoms with E-state index in [1.807, 2.05) is 7.05 Å². The summed E-state index contributed by atoms with van der Waals surface area (Å²) in [6.07, 6.45) is 1.07. The number of benzene rings is 1. The highest BCUT2D eigenvalue weighted by molar-refractivity contribution is 7.09. The van der Waals surface area contributed by atoms with E-state index in [1.165, 1.54) is 16.3 Å². The van der Waals surface area contributed by atoms with E-state index in [9.17, 15) is 0 Å². The van der Waals surface area contributed by atoms with Gasteiger partial charge in [-0.1, -0.05) is 58.0 Å². The minimum atomic E-state index is 0.123. The summed E-state index contributed by atoms with van der Waals surface area (Å²) in [6.45, 7) is 8.93. The predicted molar refractivity (Wildman–Crippen MR) is 92.1 cm³/mol. The van der Waals surface area contributed by atoms with E-state index in [4.69, 9.17) is 4.98 Å². The number of aromatic nitrogens is 1. The van der Waals surface area contributed by atoms with Crippen molar-refractivity contribution in [2.24, 2.45) is 0 Å². The second kappa shape index (κ2) is 6.71. The molecule has 1 aromatic heterocycles. The van der Waals surface area contributed by atoms with E-state index >= 15 is 0 Å². The van der Waals surface area contributed by atoms with Crippen molar-refractivity contribution in [3.05, 3.63) is 52.0 Å². The van der Waals surface area contributed by atoms with E-state index in [2.05, 4.69) is 68.7 Å². The van der Waals surface area contributed by atoms with Gasteiger partial charge in [-0.3, -0.25) is 0 Å². The SMILES string of the molecule is CNC(CC(C)c1ccccc1)c1nc(C(C)(C)C)cs1.